The van der Waals surface area contributed by atoms with Gasteiger partial charge < -0.3 is 20.5 Å². The molecule has 8 nitrogen and oxygen atoms in total. The highest BCUT2D eigenvalue weighted by atomic mass is 16.2. The van der Waals surface area contributed by atoms with Gasteiger partial charge in [0.1, 0.15) is 11.3 Å². The van der Waals surface area contributed by atoms with Gasteiger partial charge in [0, 0.05) is 59.6 Å². The highest BCUT2D eigenvalue weighted by molar-refractivity contribution is 6.00. The molecular weight excluding hydrogens is 450 g/mol. The zero-order valence-corrected chi connectivity index (χ0v) is 20.6. The topological polar surface area (TPSA) is 90.9 Å². The number of carbonyl (C=O) groups excluding carboxylic acids is 1. The maximum absolute atomic E-state index is 12.6. The second-order valence-corrected chi connectivity index (χ2v) is 8.94. The van der Waals surface area contributed by atoms with E-state index in [0.717, 1.165) is 57.8 Å². The van der Waals surface area contributed by atoms with Gasteiger partial charge in [-0.15, -0.1) is 0 Å². The van der Waals surface area contributed by atoms with E-state index in [0.29, 0.717) is 5.69 Å². The number of anilines is 2. The van der Waals surface area contributed by atoms with Gasteiger partial charge in [-0.2, -0.15) is 5.10 Å². The van der Waals surface area contributed by atoms with Gasteiger partial charge in [-0.25, -0.2) is 9.78 Å². The number of nitrogens with zero attached hydrogens (tertiary/aromatic N) is 4. The first-order valence-corrected chi connectivity index (χ1v) is 11.9. The number of fused-ring (bicyclic) bond motifs is 1. The summed E-state index contributed by atoms with van der Waals surface area (Å²) in [4.78, 5) is 22.3. The van der Waals surface area contributed by atoms with Gasteiger partial charge in [0.25, 0.3) is 0 Å². The minimum absolute atomic E-state index is 0.285. The number of benzene rings is 2. The van der Waals surface area contributed by atoms with Gasteiger partial charge in [0.15, 0.2) is 0 Å². The second kappa shape index (κ2) is 10.1. The second-order valence-electron chi connectivity index (χ2n) is 8.94. The summed E-state index contributed by atoms with van der Waals surface area (Å²) in [6.45, 7) is 3.65. The molecular formula is C28H29N7O. The number of aromatic nitrogens is 4. The van der Waals surface area contributed by atoms with Crippen molar-refractivity contribution in [1.82, 2.24) is 24.6 Å². The van der Waals surface area contributed by atoms with Crippen molar-refractivity contribution >= 4 is 28.4 Å². The number of hydrogen-bond acceptors (Lipinski definition) is 4. The Balaban J connectivity index is 1.35. The van der Waals surface area contributed by atoms with Crippen LogP contribution in [-0.4, -0.2) is 44.8 Å². The van der Waals surface area contributed by atoms with Crippen molar-refractivity contribution in [2.45, 2.75) is 20.0 Å². The Labute approximate surface area is 210 Å². The summed E-state index contributed by atoms with van der Waals surface area (Å²) in [5.41, 5.74) is 7.42. The smallest absolute Gasteiger partial charge is 0.323 e. The van der Waals surface area contributed by atoms with E-state index >= 15 is 0 Å². The third kappa shape index (κ3) is 4.99. The van der Waals surface area contributed by atoms with Crippen LogP contribution in [0.25, 0.3) is 33.4 Å². The van der Waals surface area contributed by atoms with Crippen LogP contribution in [0.4, 0.5) is 16.2 Å². The van der Waals surface area contributed by atoms with Gasteiger partial charge in [0.2, 0.25) is 0 Å². The molecule has 182 valence electrons. The number of pyridine rings is 1. The van der Waals surface area contributed by atoms with Crippen LogP contribution in [0.15, 0.2) is 79.3 Å². The summed E-state index contributed by atoms with van der Waals surface area (Å²) >= 11 is 0. The number of nitrogens with one attached hydrogen (secondary N) is 3. The average molecular weight is 480 g/mol. The molecule has 3 N–H and O–H groups in total. The van der Waals surface area contributed by atoms with Crippen molar-refractivity contribution in [1.29, 1.82) is 0 Å². The van der Waals surface area contributed by atoms with Crippen LogP contribution in [0.5, 0.6) is 0 Å². The van der Waals surface area contributed by atoms with Crippen molar-refractivity contribution in [3.63, 3.8) is 0 Å². The molecule has 0 aliphatic carbocycles. The number of urea groups is 1. The number of aryl methyl sites for hydroxylation is 1. The third-order valence-electron chi connectivity index (χ3n) is 5.94. The standard InChI is InChI=1S/C28H29N7O/c1-4-35-18-25(23-12-14-29-27-24(23)13-15-30-27)26(33-35)20-8-10-21(11-9-20)31-28(36)32-22-7-5-6-19(16-22)17-34(2)3/h5-16,18H,4,17H2,1-3H3,(H,29,30)(H2,31,32,36). The molecule has 3 heterocycles. The summed E-state index contributed by atoms with van der Waals surface area (Å²) < 4.78 is 1.94. The molecule has 3 aromatic heterocycles. The Morgan fingerprint density at radius 2 is 1.81 bits per heavy atom. The molecule has 0 fully saturated rings. The van der Waals surface area contributed by atoms with Crippen molar-refractivity contribution in [3.05, 3.63) is 84.8 Å². The first-order valence-electron chi connectivity index (χ1n) is 11.9. The zero-order valence-electron chi connectivity index (χ0n) is 20.6. The van der Waals surface area contributed by atoms with Gasteiger partial charge in [0.05, 0.1) is 0 Å². The van der Waals surface area contributed by atoms with E-state index in [-0.39, 0.29) is 6.03 Å². The van der Waals surface area contributed by atoms with Crippen LogP contribution in [0.1, 0.15) is 12.5 Å². The molecule has 5 rings (SSSR count). The fraction of sp³-hybridized carbons (Fsp3) is 0.179. The fourth-order valence-electron chi connectivity index (χ4n) is 4.31. The van der Waals surface area contributed by atoms with Crippen LogP contribution < -0.4 is 10.6 Å². The van der Waals surface area contributed by atoms with Gasteiger partial charge in [-0.05, 0) is 68.5 Å². The average Bonchev–Trinajstić information content (AvgIpc) is 3.51. The molecule has 0 radical (unpaired) electrons. The van der Waals surface area contributed by atoms with E-state index in [1.807, 2.05) is 91.8 Å². The lowest BCUT2D eigenvalue weighted by Crippen LogP contribution is -2.19. The highest BCUT2D eigenvalue weighted by Crippen LogP contribution is 2.35. The summed E-state index contributed by atoms with van der Waals surface area (Å²) in [7, 11) is 4.04. The maximum atomic E-state index is 12.6. The minimum atomic E-state index is -0.285. The molecule has 0 aliphatic heterocycles. The zero-order chi connectivity index (χ0) is 25.1. The van der Waals surface area contributed by atoms with Crippen molar-refractivity contribution < 1.29 is 4.79 Å². The molecule has 0 saturated carbocycles. The first kappa shape index (κ1) is 23.3. The summed E-state index contributed by atoms with van der Waals surface area (Å²) in [5.74, 6) is 0. The van der Waals surface area contributed by atoms with E-state index in [9.17, 15) is 4.79 Å². The monoisotopic (exact) mass is 479 g/mol. The van der Waals surface area contributed by atoms with E-state index in [1.165, 1.54) is 0 Å². The molecule has 36 heavy (non-hydrogen) atoms. The number of carbonyl (C=O) groups is 1. The summed E-state index contributed by atoms with van der Waals surface area (Å²) in [5, 5.41) is 11.7. The molecule has 0 bridgehead atoms. The summed E-state index contributed by atoms with van der Waals surface area (Å²) in [6.07, 6.45) is 5.78. The lowest BCUT2D eigenvalue weighted by molar-refractivity contribution is 0.262. The van der Waals surface area contributed by atoms with Crippen LogP contribution in [-0.2, 0) is 13.1 Å². The highest BCUT2D eigenvalue weighted by Gasteiger charge is 2.16. The predicted molar refractivity (Wildman–Crippen MR) is 145 cm³/mol. The Kier molecular flexibility index (Phi) is 6.51. The largest absolute Gasteiger partial charge is 0.346 e. The van der Waals surface area contributed by atoms with Gasteiger partial charge in [-0.1, -0.05) is 24.3 Å². The lowest BCUT2D eigenvalue weighted by Gasteiger charge is -2.12. The van der Waals surface area contributed by atoms with Crippen molar-refractivity contribution in [3.8, 4) is 22.4 Å². The minimum Gasteiger partial charge on any atom is -0.346 e. The van der Waals surface area contributed by atoms with Crippen molar-refractivity contribution in [2.75, 3.05) is 24.7 Å². The Bertz CT molecular complexity index is 1500. The number of hydrogen-bond donors (Lipinski definition) is 3. The molecule has 0 atom stereocenters. The normalized spacial score (nSPS) is 11.2. The molecule has 5 aromatic rings. The molecule has 2 amide bonds. The van der Waals surface area contributed by atoms with Gasteiger partial charge in [-0.3, -0.25) is 4.68 Å². The van der Waals surface area contributed by atoms with Crippen LogP contribution in [0.3, 0.4) is 0 Å². The predicted octanol–water partition coefficient (Wildman–Crippen LogP) is 5.82. The lowest BCUT2D eigenvalue weighted by atomic mass is 10.0. The van der Waals surface area contributed by atoms with Crippen molar-refractivity contribution in [2.24, 2.45) is 0 Å². The first-order chi connectivity index (χ1) is 17.5. The maximum Gasteiger partial charge on any atom is 0.323 e. The number of H-pyrrole nitrogens is 1. The SMILES string of the molecule is CCn1cc(-c2ccnc3[nH]ccc23)c(-c2ccc(NC(=O)Nc3cccc(CN(C)C)c3)cc2)n1. The molecule has 0 spiro atoms. The molecule has 0 saturated heterocycles. The number of rotatable bonds is 7. The molecule has 0 unspecified atom stereocenters. The fourth-order valence-corrected chi connectivity index (χ4v) is 4.31. The van der Waals surface area contributed by atoms with E-state index in [2.05, 4.69) is 38.6 Å². The Hall–Kier alpha value is -4.43. The summed E-state index contributed by atoms with van der Waals surface area (Å²) in [6, 6.07) is 19.4. The van der Waals surface area contributed by atoms with Crippen LogP contribution in [0.2, 0.25) is 0 Å². The Morgan fingerprint density at radius 1 is 1.00 bits per heavy atom. The molecule has 8 heteroatoms. The quantitative estimate of drug-likeness (QED) is 0.274. The van der Waals surface area contributed by atoms with Crippen LogP contribution in [0, 0.1) is 0 Å². The van der Waals surface area contributed by atoms with E-state index < -0.39 is 0 Å². The Morgan fingerprint density at radius 3 is 2.58 bits per heavy atom. The number of amides is 2. The number of aromatic amines is 1. The third-order valence-corrected chi connectivity index (χ3v) is 5.94. The van der Waals surface area contributed by atoms with Gasteiger partial charge >= 0.3 is 6.03 Å². The molecule has 0 aliphatic rings. The van der Waals surface area contributed by atoms with E-state index in [4.69, 9.17) is 5.10 Å². The van der Waals surface area contributed by atoms with Crippen LogP contribution >= 0.6 is 0 Å². The molecule has 2 aromatic carbocycles. The van der Waals surface area contributed by atoms with E-state index in [1.54, 1.807) is 0 Å².